The van der Waals surface area contributed by atoms with E-state index in [4.69, 9.17) is 0 Å². The van der Waals surface area contributed by atoms with Crippen LogP contribution in [0.25, 0.3) is 28.6 Å². The minimum Gasteiger partial charge on any atom is -0.281 e. The lowest BCUT2D eigenvalue weighted by atomic mass is 9.98. The molecule has 9 heteroatoms. The van der Waals surface area contributed by atoms with Crippen LogP contribution in [0.15, 0.2) is 83.9 Å². The summed E-state index contributed by atoms with van der Waals surface area (Å²) >= 11 is 1.58. The van der Waals surface area contributed by atoms with Crippen LogP contribution >= 0.6 is 11.8 Å². The second-order valence-corrected chi connectivity index (χ2v) is 9.68. The van der Waals surface area contributed by atoms with Gasteiger partial charge in [0.15, 0.2) is 11.0 Å². The fraction of sp³-hybridized carbons (Fsp3) is 0.179. The number of tetrazole rings is 1. The zero-order valence-corrected chi connectivity index (χ0v) is 21.4. The lowest BCUT2D eigenvalue weighted by Crippen LogP contribution is -2.37. The summed E-state index contributed by atoms with van der Waals surface area (Å²) < 4.78 is 0. The summed E-state index contributed by atoms with van der Waals surface area (Å²) in [6, 6.07) is 23.9. The molecule has 186 valence electrons. The highest BCUT2D eigenvalue weighted by molar-refractivity contribution is 8.14. The summed E-state index contributed by atoms with van der Waals surface area (Å²) in [6.45, 7) is 4.64. The van der Waals surface area contributed by atoms with Crippen LogP contribution < -0.4 is 5.43 Å². The molecular formula is C28H27N7OS. The summed E-state index contributed by atoms with van der Waals surface area (Å²) in [5.41, 5.74) is 9.09. The Morgan fingerprint density at radius 2 is 1.81 bits per heavy atom. The number of carbonyl (C=O) groups is 1. The van der Waals surface area contributed by atoms with E-state index < -0.39 is 0 Å². The first-order chi connectivity index (χ1) is 18.2. The second-order valence-electron chi connectivity index (χ2n) is 8.51. The number of amides is 1. The van der Waals surface area contributed by atoms with Crippen LogP contribution in [0.3, 0.4) is 0 Å². The molecule has 0 saturated carbocycles. The molecule has 0 aliphatic carbocycles. The zero-order chi connectivity index (χ0) is 25.6. The van der Waals surface area contributed by atoms with E-state index in [2.05, 4.69) is 68.3 Å². The van der Waals surface area contributed by atoms with Crippen molar-refractivity contribution in [3.05, 3.63) is 95.6 Å². The number of nitrogens with one attached hydrogen (secondary N) is 2. The molecule has 0 bridgehead atoms. The van der Waals surface area contributed by atoms with Crippen molar-refractivity contribution in [3.8, 4) is 22.5 Å². The van der Waals surface area contributed by atoms with Crippen molar-refractivity contribution >= 4 is 28.9 Å². The number of benzene rings is 3. The lowest BCUT2D eigenvalue weighted by molar-refractivity contribution is 0.100. The Morgan fingerprint density at radius 3 is 2.54 bits per heavy atom. The minimum atomic E-state index is -0.242. The number of hydrazine groups is 1. The van der Waals surface area contributed by atoms with Gasteiger partial charge in [0.2, 0.25) is 0 Å². The molecule has 0 radical (unpaired) electrons. The molecule has 1 fully saturated rings. The van der Waals surface area contributed by atoms with Gasteiger partial charge in [-0.1, -0.05) is 97.6 Å². The zero-order valence-electron chi connectivity index (χ0n) is 20.6. The van der Waals surface area contributed by atoms with Crippen LogP contribution in [0, 0.1) is 0 Å². The summed E-state index contributed by atoms with van der Waals surface area (Å²) in [7, 11) is 0. The fourth-order valence-corrected chi connectivity index (χ4v) is 5.15. The molecule has 5 rings (SSSR count). The number of rotatable bonds is 7. The van der Waals surface area contributed by atoms with Gasteiger partial charge in [-0.15, -0.1) is 5.10 Å². The standard InChI is InChI=1S/C28H27N7OS/c1-3-9-20-10-5-6-12-23(20)27(36)29-28-35(32-25(4-2)37-28)18-19-14-16-21(17-15-19)22-11-7-8-13-24(22)26-30-33-34-31-26/h3,5-17,25,32H,4,18H2,1-2H3,(H,30,31,33,34)/b9-3+,29-28?. The van der Waals surface area contributed by atoms with Crippen LogP contribution in [0.1, 0.15) is 41.8 Å². The quantitative estimate of drug-likeness (QED) is 0.337. The van der Waals surface area contributed by atoms with Crippen molar-refractivity contribution in [2.75, 3.05) is 0 Å². The molecule has 1 aromatic heterocycles. The number of carbonyl (C=O) groups excluding carboxylic acids is 1. The fourth-order valence-electron chi connectivity index (χ4n) is 4.17. The Kier molecular flexibility index (Phi) is 7.53. The van der Waals surface area contributed by atoms with Gasteiger partial charge in [0, 0.05) is 11.1 Å². The predicted octanol–water partition coefficient (Wildman–Crippen LogP) is 5.55. The third-order valence-corrected chi connectivity index (χ3v) is 7.26. The Hall–Kier alpha value is -4.08. The van der Waals surface area contributed by atoms with Crippen molar-refractivity contribution in [3.63, 3.8) is 0 Å². The molecular weight excluding hydrogens is 482 g/mol. The smallest absolute Gasteiger partial charge is 0.280 e. The lowest BCUT2D eigenvalue weighted by Gasteiger charge is -2.19. The summed E-state index contributed by atoms with van der Waals surface area (Å²) in [5, 5.41) is 17.1. The molecule has 3 aromatic carbocycles. The monoisotopic (exact) mass is 509 g/mol. The van der Waals surface area contributed by atoms with E-state index >= 15 is 0 Å². The van der Waals surface area contributed by atoms with Gasteiger partial charge in [0.25, 0.3) is 5.91 Å². The van der Waals surface area contributed by atoms with Gasteiger partial charge >= 0.3 is 0 Å². The summed E-state index contributed by atoms with van der Waals surface area (Å²) in [5.74, 6) is 0.388. The van der Waals surface area contributed by atoms with E-state index in [1.807, 2.05) is 66.5 Å². The molecule has 1 unspecified atom stereocenters. The van der Waals surface area contributed by atoms with E-state index in [0.29, 0.717) is 23.1 Å². The number of aromatic amines is 1. The van der Waals surface area contributed by atoms with Gasteiger partial charge in [-0.2, -0.15) is 4.99 Å². The Bertz CT molecular complexity index is 1430. The molecule has 8 nitrogen and oxygen atoms in total. The van der Waals surface area contributed by atoms with E-state index in [0.717, 1.165) is 34.2 Å². The van der Waals surface area contributed by atoms with Gasteiger partial charge < -0.3 is 0 Å². The predicted molar refractivity (Wildman–Crippen MR) is 148 cm³/mol. The van der Waals surface area contributed by atoms with Gasteiger partial charge in [-0.05, 0) is 52.1 Å². The third kappa shape index (κ3) is 5.52. The summed E-state index contributed by atoms with van der Waals surface area (Å²) in [4.78, 5) is 17.6. The van der Waals surface area contributed by atoms with Crippen molar-refractivity contribution in [2.24, 2.45) is 4.99 Å². The largest absolute Gasteiger partial charge is 0.281 e. The molecule has 4 aromatic rings. The topological polar surface area (TPSA) is 99.2 Å². The van der Waals surface area contributed by atoms with Crippen LogP contribution in [0.2, 0.25) is 0 Å². The number of allylic oxidation sites excluding steroid dienone is 1. The maximum atomic E-state index is 13.1. The average Bonchev–Trinajstić information content (AvgIpc) is 3.60. The Morgan fingerprint density at radius 1 is 1.05 bits per heavy atom. The van der Waals surface area contributed by atoms with E-state index in [9.17, 15) is 4.79 Å². The maximum absolute atomic E-state index is 13.1. The molecule has 1 saturated heterocycles. The third-order valence-electron chi connectivity index (χ3n) is 6.02. The number of thioether (sulfide) groups is 1. The Labute approximate surface area is 219 Å². The minimum absolute atomic E-state index is 0.166. The first-order valence-electron chi connectivity index (χ1n) is 12.1. The van der Waals surface area contributed by atoms with Crippen molar-refractivity contribution in [2.45, 2.75) is 32.2 Å². The van der Waals surface area contributed by atoms with Crippen molar-refractivity contribution < 1.29 is 4.79 Å². The van der Waals surface area contributed by atoms with Crippen molar-refractivity contribution in [1.29, 1.82) is 0 Å². The van der Waals surface area contributed by atoms with Crippen LogP contribution in [-0.4, -0.2) is 42.1 Å². The molecule has 37 heavy (non-hydrogen) atoms. The number of hydrogen-bond donors (Lipinski definition) is 2. The highest BCUT2D eigenvalue weighted by Crippen LogP contribution is 2.31. The van der Waals surface area contributed by atoms with Crippen LogP contribution in [0.4, 0.5) is 0 Å². The SMILES string of the molecule is C/C=C/c1ccccc1C(=O)N=C1SC(CC)NN1Cc1ccc(-c2ccccc2-c2nnn[nH]2)cc1. The van der Waals surface area contributed by atoms with Gasteiger partial charge in [0.05, 0.1) is 11.9 Å². The highest BCUT2D eigenvalue weighted by atomic mass is 32.2. The van der Waals surface area contributed by atoms with E-state index in [1.165, 1.54) is 0 Å². The molecule has 1 aliphatic rings. The molecule has 0 spiro atoms. The van der Waals surface area contributed by atoms with E-state index in [-0.39, 0.29) is 11.3 Å². The molecule has 2 heterocycles. The first-order valence-corrected chi connectivity index (χ1v) is 13.0. The summed E-state index contributed by atoms with van der Waals surface area (Å²) in [6.07, 6.45) is 4.77. The number of aliphatic imine (C=N–C) groups is 1. The van der Waals surface area contributed by atoms with Gasteiger partial charge in [0.1, 0.15) is 0 Å². The first kappa shape index (κ1) is 24.6. The molecule has 1 atom stereocenters. The number of nitrogens with zero attached hydrogens (tertiary/aromatic N) is 5. The van der Waals surface area contributed by atoms with E-state index in [1.54, 1.807) is 11.8 Å². The number of hydrogen-bond acceptors (Lipinski definition) is 6. The molecule has 1 aliphatic heterocycles. The average molecular weight is 510 g/mol. The number of amidine groups is 1. The number of H-pyrrole nitrogens is 1. The van der Waals surface area contributed by atoms with Crippen molar-refractivity contribution in [1.82, 2.24) is 31.1 Å². The molecule has 1 amide bonds. The van der Waals surface area contributed by atoms with Gasteiger partial charge in [-0.3, -0.25) is 9.80 Å². The normalized spacial score (nSPS) is 16.6. The second kappa shape index (κ2) is 11.3. The maximum Gasteiger partial charge on any atom is 0.280 e. The highest BCUT2D eigenvalue weighted by Gasteiger charge is 2.28. The van der Waals surface area contributed by atoms with Crippen LogP contribution in [-0.2, 0) is 6.54 Å². The van der Waals surface area contributed by atoms with Gasteiger partial charge in [-0.25, -0.2) is 10.5 Å². The molecule has 2 N–H and O–H groups in total. The Balaban J connectivity index is 1.37. The van der Waals surface area contributed by atoms with Crippen LogP contribution in [0.5, 0.6) is 0 Å². The number of aromatic nitrogens is 4.